The maximum atomic E-state index is 5.29. The molecule has 2 heterocycles. The van der Waals surface area contributed by atoms with Crippen molar-refractivity contribution in [2.45, 2.75) is 0 Å². The van der Waals surface area contributed by atoms with Crippen LogP contribution in [-0.4, -0.2) is 18.6 Å². The zero-order chi connectivity index (χ0) is 15.6. The Labute approximate surface area is 135 Å². The van der Waals surface area contributed by atoms with Crippen molar-refractivity contribution >= 4 is 16.8 Å². The maximum absolute atomic E-state index is 5.29. The number of aromatic nitrogens is 1. The van der Waals surface area contributed by atoms with Crippen molar-refractivity contribution in [2.75, 3.05) is 19.0 Å². The number of benzene rings is 2. The molecule has 0 unspecified atom stereocenters. The number of ether oxygens (including phenoxy) is 1. The molecule has 23 heavy (non-hydrogen) atoms. The molecule has 0 atom stereocenters. The van der Waals surface area contributed by atoms with Gasteiger partial charge in [0.1, 0.15) is 5.75 Å². The van der Waals surface area contributed by atoms with Crippen LogP contribution in [0.5, 0.6) is 5.75 Å². The second-order valence-corrected chi connectivity index (χ2v) is 5.57. The van der Waals surface area contributed by atoms with E-state index in [4.69, 9.17) is 4.74 Å². The summed E-state index contributed by atoms with van der Waals surface area (Å²) in [5.41, 5.74) is 7.26. The highest BCUT2D eigenvalue weighted by atomic mass is 16.5. The predicted octanol–water partition coefficient (Wildman–Crippen LogP) is 4.41. The van der Waals surface area contributed by atoms with Gasteiger partial charge in [-0.05, 0) is 34.9 Å². The second kappa shape index (κ2) is 5.69. The fraction of sp³-hybridized carbons (Fsp3) is 0.100. The van der Waals surface area contributed by atoms with Crippen LogP contribution >= 0.6 is 0 Å². The Balaban J connectivity index is 1.92. The number of methoxy groups -OCH3 is 1. The van der Waals surface area contributed by atoms with Crippen molar-refractivity contribution in [2.24, 2.45) is 0 Å². The van der Waals surface area contributed by atoms with Crippen molar-refractivity contribution in [1.29, 1.82) is 0 Å². The molecular formula is C20H18N2O. The summed E-state index contributed by atoms with van der Waals surface area (Å²) in [4.78, 5) is 3.38. The highest BCUT2D eigenvalue weighted by Crippen LogP contribution is 2.39. The first-order valence-electron chi connectivity index (χ1n) is 7.71. The van der Waals surface area contributed by atoms with Gasteiger partial charge in [-0.2, -0.15) is 0 Å². The molecule has 0 amide bonds. The number of hydrogen-bond acceptors (Lipinski definition) is 2. The molecule has 3 aromatic rings. The average molecular weight is 302 g/mol. The fourth-order valence-electron chi connectivity index (χ4n) is 3.11. The number of rotatable bonds is 3. The summed E-state index contributed by atoms with van der Waals surface area (Å²) in [6.07, 6.45) is 1.98. The zero-order valence-electron chi connectivity index (χ0n) is 13.0. The van der Waals surface area contributed by atoms with Crippen molar-refractivity contribution in [3.8, 4) is 5.75 Å². The van der Waals surface area contributed by atoms with Crippen LogP contribution in [0, 0.1) is 0 Å². The molecule has 3 heteroatoms. The van der Waals surface area contributed by atoms with Gasteiger partial charge < -0.3 is 15.0 Å². The van der Waals surface area contributed by atoms with E-state index < -0.39 is 0 Å². The maximum Gasteiger partial charge on any atom is 0.118 e. The molecule has 114 valence electrons. The van der Waals surface area contributed by atoms with Crippen molar-refractivity contribution in [1.82, 2.24) is 4.98 Å². The molecule has 1 aliphatic rings. The van der Waals surface area contributed by atoms with Crippen LogP contribution in [0.4, 0.5) is 5.69 Å². The molecule has 0 saturated carbocycles. The van der Waals surface area contributed by atoms with E-state index >= 15 is 0 Å². The van der Waals surface area contributed by atoms with Gasteiger partial charge in [-0.15, -0.1) is 0 Å². The minimum atomic E-state index is 0.816. The quantitative estimate of drug-likeness (QED) is 0.752. The monoisotopic (exact) mass is 302 g/mol. The Morgan fingerprint density at radius 2 is 1.65 bits per heavy atom. The van der Waals surface area contributed by atoms with Crippen LogP contribution in [0.1, 0.15) is 16.8 Å². The van der Waals surface area contributed by atoms with Gasteiger partial charge in [0.2, 0.25) is 0 Å². The summed E-state index contributed by atoms with van der Waals surface area (Å²) in [5.74, 6) is 0.872. The van der Waals surface area contributed by atoms with Gasteiger partial charge in [-0.3, -0.25) is 0 Å². The van der Waals surface area contributed by atoms with E-state index in [0.29, 0.717) is 0 Å². The lowest BCUT2D eigenvalue weighted by atomic mass is 9.89. The minimum absolute atomic E-state index is 0.816. The van der Waals surface area contributed by atoms with E-state index in [1.807, 2.05) is 24.4 Å². The van der Waals surface area contributed by atoms with Crippen molar-refractivity contribution < 1.29 is 4.74 Å². The summed E-state index contributed by atoms with van der Waals surface area (Å²) < 4.78 is 5.29. The number of fused-ring (bicyclic) bond motifs is 1. The molecule has 3 nitrogen and oxygen atoms in total. The smallest absolute Gasteiger partial charge is 0.118 e. The third-order valence-corrected chi connectivity index (χ3v) is 4.26. The summed E-state index contributed by atoms with van der Waals surface area (Å²) in [7, 11) is 1.69. The molecular weight excluding hydrogens is 284 g/mol. The second-order valence-electron chi connectivity index (χ2n) is 5.57. The highest BCUT2D eigenvalue weighted by Gasteiger charge is 2.22. The molecule has 0 bridgehead atoms. The van der Waals surface area contributed by atoms with Gasteiger partial charge in [0, 0.05) is 18.3 Å². The third-order valence-electron chi connectivity index (χ3n) is 4.26. The fourth-order valence-corrected chi connectivity index (χ4v) is 3.11. The molecule has 1 aliphatic heterocycles. The average Bonchev–Trinajstić information content (AvgIpc) is 3.10. The standard InChI is InChI=1S/C20H18N2O/c1-23-16-9-7-15(8-10-16)19-17(14-5-3-2-4-6-14)13-22-18-11-12-21-20(18)19/h2-12,21-22H,13H2,1H3. The Morgan fingerprint density at radius 1 is 0.870 bits per heavy atom. The van der Waals surface area contributed by atoms with Gasteiger partial charge >= 0.3 is 0 Å². The number of nitrogens with one attached hydrogen (secondary N) is 2. The largest absolute Gasteiger partial charge is 0.497 e. The van der Waals surface area contributed by atoms with Crippen LogP contribution in [-0.2, 0) is 0 Å². The Morgan fingerprint density at radius 3 is 2.39 bits per heavy atom. The molecule has 0 saturated heterocycles. The molecule has 0 aliphatic carbocycles. The third kappa shape index (κ3) is 2.40. The SMILES string of the molecule is COc1ccc(C2=C(c3ccccc3)CNc3cc[nH]c32)cc1. The number of H-pyrrole nitrogens is 1. The summed E-state index contributed by atoms with van der Waals surface area (Å²) in [6, 6.07) is 20.9. The van der Waals surface area contributed by atoms with E-state index in [1.165, 1.54) is 22.3 Å². The first kappa shape index (κ1) is 13.7. The van der Waals surface area contributed by atoms with Crippen molar-refractivity contribution in [3.63, 3.8) is 0 Å². The lowest BCUT2D eigenvalue weighted by Crippen LogP contribution is -2.13. The Kier molecular flexibility index (Phi) is 3.39. The van der Waals surface area contributed by atoms with Gasteiger partial charge in [-0.25, -0.2) is 0 Å². The molecule has 0 radical (unpaired) electrons. The van der Waals surface area contributed by atoms with Crippen LogP contribution in [0.2, 0.25) is 0 Å². The molecule has 2 N–H and O–H groups in total. The Bertz CT molecular complexity index is 845. The Hall–Kier alpha value is -2.94. The van der Waals surface area contributed by atoms with E-state index in [1.54, 1.807) is 7.11 Å². The minimum Gasteiger partial charge on any atom is -0.497 e. The van der Waals surface area contributed by atoms with Crippen LogP contribution in [0.15, 0.2) is 66.9 Å². The first-order valence-corrected chi connectivity index (χ1v) is 7.71. The first-order chi connectivity index (χ1) is 11.4. The highest BCUT2D eigenvalue weighted by molar-refractivity contribution is 6.03. The summed E-state index contributed by atoms with van der Waals surface area (Å²) >= 11 is 0. The number of aromatic amines is 1. The van der Waals surface area contributed by atoms with Gasteiger partial charge in [0.15, 0.2) is 0 Å². The molecule has 0 spiro atoms. The predicted molar refractivity (Wildman–Crippen MR) is 94.6 cm³/mol. The van der Waals surface area contributed by atoms with Crippen molar-refractivity contribution in [3.05, 3.63) is 83.7 Å². The molecule has 1 aromatic heterocycles. The summed E-state index contributed by atoms with van der Waals surface area (Å²) in [5, 5.41) is 3.50. The lowest BCUT2D eigenvalue weighted by Gasteiger charge is -2.23. The van der Waals surface area contributed by atoms with Gasteiger partial charge in [-0.1, -0.05) is 42.5 Å². The van der Waals surface area contributed by atoms with E-state index in [2.05, 4.69) is 52.8 Å². The zero-order valence-corrected chi connectivity index (χ0v) is 13.0. The van der Waals surface area contributed by atoms with Gasteiger partial charge in [0.05, 0.1) is 18.5 Å². The molecule has 0 fully saturated rings. The normalized spacial score (nSPS) is 13.4. The van der Waals surface area contributed by atoms with Crippen LogP contribution in [0.25, 0.3) is 11.1 Å². The van der Waals surface area contributed by atoms with E-state index in [0.717, 1.165) is 23.7 Å². The van der Waals surface area contributed by atoms with E-state index in [9.17, 15) is 0 Å². The van der Waals surface area contributed by atoms with E-state index in [-0.39, 0.29) is 0 Å². The topological polar surface area (TPSA) is 37.0 Å². The number of hydrogen-bond donors (Lipinski definition) is 2. The molecule has 4 rings (SSSR count). The summed E-state index contributed by atoms with van der Waals surface area (Å²) in [6.45, 7) is 0.816. The lowest BCUT2D eigenvalue weighted by molar-refractivity contribution is 0.415. The van der Waals surface area contributed by atoms with Crippen LogP contribution < -0.4 is 10.1 Å². The molecule has 2 aromatic carbocycles. The number of anilines is 1. The van der Waals surface area contributed by atoms with Crippen LogP contribution in [0.3, 0.4) is 0 Å². The van der Waals surface area contributed by atoms with Gasteiger partial charge in [0.25, 0.3) is 0 Å².